The Bertz CT molecular complexity index is 295. The molecule has 3 N–H and O–H groups in total. The monoisotopic (exact) mass is 183 g/mol. The Morgan fingerprint density at radius 3 is 2.92 bits per heavy atom. The number of hydrogen-bond donors (Lipinski definition) is 2. The van der Waals surface area contributed by atoms with Crippen molar-refractivity contribution >= 4 is 5.97 Å². The highest BCUT2D eigenvalue weighted by molar-refractivity contribution is 5.67. The number of imidazole rings is 1. The standard InChI is InChI=1S/C8H13N3O2/c1-11-5-10-4-7(11)6(3-9)2-8(12)13/h4-6H,2-3,9H2,1H3,(H,12,13). The van der Waals surface area contributed by atoms with Crippen LogP contribution in [0.5, 0.6) is 0 Å². The predicted molar refractivity (Wildman–Crippen MR) is 47.3 cm³/mol. The van der Waals surface area contributed by atoms with E-state index >= 15 is 0 Å². The van der Waals surface area contributed by atoms with E-state index in [9.17, 15) is 4.79 Å². The number of carboxylic acids is 1. The van der Waals surface area contributed by atoms with Gasteiger partial charge in [-0.1, -0.05) is 0 Å². The number of hydrogen-bond acceptors (Lipinski definition) is 3. The maximum absolute atomic E-state index is 10.5. The third-order valence-electron chi connectivity index (χ3n) is 1.98. The van der Waals surface area contributed by atoms with Crippen LogP contribution < -0.4 is 5.73 Å². The molecule has 1 unspecified atom stereocenters. The summed E-state index contributed by atoms with van der Waals surface area (Å²) in [6, 6.07) is 0. The Morgan fingerprint density at radius 2 is 2.54 bits per heavy atom. The van der Waals surface area contributed by atoms with Gasteiger partial charge in [-0.2, -0.15) is 0 Å². The molecule has 0 amide bonds. The van der Waals surface area contributed by atoms with E-state index in [4.69, 9.17) is 10.8 Å². The third kappa shape index (κ3) is 2.29. The molecule has 0 bridgehead atoms. The Kier molecular flexibility index (Phi) is 3.02. The smallest absolute Gasteiger partial charge is 0.304 e. The van der Waals surface area contributed by atoms with Crippen molar-refractivity contribution in [1.82, 2.24) is 9.55 Å². The van der Waals surface area contributed by atoms with Crippen molar-refractivity contribution in [3.05, 3.63) is 18.2 Å². The van der Waals surface area contributed by atoms with Crippen molar-refractivity contribution in [2.75, 3.05) is 6.54 Å². The first-order valence-corrected chi connectivity index (χ1v) is 4.03. The van der Waals surface area contributed by atoms with Gasteiger partial charge < -0.3 is 15.4 Å². The van der Waals surface area contributed by atoms with Crippen LogP contribution >= 0.6 is 0 Å². The molecule has 0 radical (unpaired) electrons. The van der Waals surface area contributed by atoms with E-state index in [0.717, 1.165) is 5.69 Å². The average Bonchev–Trinajstić information content (AvgIpc) is 2.47. The van der Waals surface area contributed by atoms with Crippen LogP contribution in [0, 0.1) is 0 Å². The van der Waals surface area contributed by atoms with Crippen LogP contribution in [0.1, 0.15) is 18.0 Å². The fourth-order valence-corrected chi connectivity index (χ4v) is 1.28. The van der Waals surface area contributed by atoms with Crippen molar-refractivity contribution in [3.63, 3.8) is 0 Å². The normalized spacial score (nSPS) is 12.8. The van der Waals surface area contributed by atoms with Crippen LogP contribution in [0.2, 0.25) is 0 Å². The largest absolute Gasteiger partial charge is 0.481 e. The predicted octanol–water partition coefficient (Wildman–Crippen LogP) is -0.0629. The van der Waals surface area contributed by atoms with Crippen LogP contribution in [0.3, 0.4) is 0 Å². The van der Waals surface area contributed by atoms with Crippen LogP contribution in [0.15, 0.2) is 12.5 Å². The Balaban J connectivity index is 2.78. The number of aliphatic carboxylic acids is 1. The van der Waals surface area contributed by atoms with Crippen LogP contribution in [-0.4, -0.2) is 27.2 Å². The van der Waals surface area contributed by atoms with Crippen LogP contribution in [0.25, 0.3) is 0 Å². The second-order valence-corrected chi connectivity index (χ2v) is 2.96. The fourth-order valence-electron chi connectivity index (χ4n) is 1.28. The van der Waals surface area contributed by atoms with Crippen molar-refractivity contribution < 1.29 is 9.90 Å². The minimum absolute atomic E-state index is 0.0516. The van der Waals surface area contributed by atoms with E-state index in [1.54, 1.807) is 17.1 Å². The molecule has 0 aliphatic heterocycles. The molecule has 0 spiro atoms. The summed E-state index contributed by atoms with van der Waals surface area (Å²) in [7, 11) is 1.83. The zero-order valence-electron chi connectivity index (χ0n) is 7.47. The van der Waals surface area contributed by atoms with Crippen molar-refractivity contribution in [3.8, 4) is 0 Å². The summed E-state index contributed by atoms with van der Waals surface area (Å²) in [4.78, 5) is 14.4. The highest BCUT2D eigenvalue weighted by Gasteiger charge is 2.16. The first-order chi connectivity index (χ1) is 6.15. The molecule has 0 saturated heterocycles. The molecule has 1 aromatic rings. The van der Waals surface area contributed by atoms with E-state index in [-0.39, 0.29) is 12.3 Å². The molecule has 13 heavy (non-hydrogen) atoms. The zero-order valence-corrected chi connectivity index (χ0v) is 7.47. The van der Waals surface area contributed by atoms with Crippen LogP contribution in [0.4, 0.5) is 0 Å². The van der Waals surface area contributed by atoms with Gasteiger partial charge in [-0.15, -0.1) is 0 Å². The highest BCUT2D eigenvalue weighted by atomic mass is 16.4. The van der Waals surface area contributed by atoms with Gasteiger partial charge in [-0.05, 0) is 0 Å². The van der Waals surface area contributed by atoms with Gasteiger partial charge in [0.25, 0.3) is 0 Å². The molecule has 5 heteroatoms. The summed E-state index contributed by atoms with van der Waals surface area (Å²) < 4.78 is 1.79. The number of aromatic nitrogens is 2. The molecule has 72 valence electrons. The lowest BCUT2D eigenvalue weighted by molar-refractivity contribution is -0.137. The second kappa shape index (κ2) is 4.04. The molecular weight excluding hydrogens is 170 g/mol. The number of rotatable bonds is 4. The van der Waals surface area contributed by atoms with Gasteiger partial charge in [0, 0.05) is 31.4 Å². The number of nitrogens with zero attached hydrogens (tertiary/aromatic N) is 2. The van der Waals surface area contributed by atoms with Crippen LogP contribution in [-0.2, 0) is 11.8 Å². The zero-order chi connectivity index (χ0) is 9.84. The summed E-state index contributed by atoms with van der Waals surface area (Å²) in [5.74, 6) is -0.985. The van der Waals surface area contributed by atoms with E-state index in [2.05, 4.69) is 4.98 Å². The fraction of sp³-hybridized carbons (Fsp3) is 0.500. The van der Waals surface area contributed by atoms with Gasteiger partial charge in [0.2, 0.25) is 0 Å². The minimum Gasteiger partial charge on any atom is -0.481 e. The maximum atomic E-state index is 10.5. The summed E-state index contributed by atoms with van der Waals surface area (Å²) in [5.41, 5.74) is 6.34. The van der Waals surface area contributed by atoms with Gasteiger partial charge in [0.15, 0.2) is 0 Å². The number of aryl methyl sites for hydroxylation is 1. The lowest BCUT2D eigenvalue weighted by Gasteiger charge is -2.12. The van der Waals surface area contributed by atoms with E-state index in [1.165, 1.54) is 0 Å². The van der Waals surface area contributed by atoms with Gasteiger partial charge in [-0.3, -0.25) is 4.79 Å². The molecular formula is C8H13N3O2. The molecule has 1 aromatic heterocycles. The summed E-state index contributed by atoms with van der Waals surface area (Å²) in [6.07, 6.45) is 3.34. The molecule has 1 atom stereocenters. The molecule has 0 aromatic carbocycles. The average molecular weight is 183 g/mol. The molecule has 0 fully saturated rings. The molecule has 1 rings (SSSR count). The summed E-state index contributed by atoms with van der Waals surface area (Å²) in [6.45, 7) is 0.325. The molecule has 5 nitrogen and oxygen atoms in total. The van der Waals surface area contributed by atoms with Gasteiger partial charge in [0.05, 0.1) is 12.7 Å². The van der Waals surface area contributed by atoms with E-state index in [1.807, 2.05) is 7.05 Å². The summed E-state index contributed by atoms with van der Waals surface area (Å²) >= 11 is 0. The number of nitrogens with two attached hydrogens (primary N) is 1. The van der Waals surface area contributed by atoms with Crippen molar-refractivity contribution in [2.24, 2.45) is 12.8 Å². The lowest BCUT2D eigenvalue weighted by Crippen LogP contribution is -2.18. The van der Waals surface area contributed by atoms with Gasteiger partial charge in [-0.25, -0.2) is 4.98 Å². The van der Waals surface area contributed by atoms with E-state index in [0.29, 0.717) is 6.54 Å². The van der Waals surface area contributed by atoms with Crippen molar-refractivity contribution in [2.45, 2.75) is 12.3 Å². The summed E-state index contributed by atoms with van der Waals surface area (Å²) in [5, 5.41) is 8.62. The third-order valence-corrected chi connectivity index (χ3v) is 1.98. The highest BCUT2D eigenvalue weighted by Crippen LogP contribution is 2.16. The molecule has 1 heterocycles. The SMILES string of the molecule is Cn1cncc1C(CN)CC(=O)O. The second-order valence-electron chi connectivity index (χ2n) is 2.96. The first-order valence-electron chi connectivity index (χ1n) is 4.03. The first kappa shape index (κ1) is 9.73. The maximum Gasteiger partial charge on any atom is 0.304 e. The molecule has 0 aliphatic carbocycles. The number of carboxylic acid groups (broad SMARTS) is 1. The Morgan fingerprint density at radius 1 is 1.85 bits per heavy atom. The molecule has 0 aliphatic rings. The van der Waals surface area contributed by atoms with Gasteiger partial charge in [0.1, 0.15) is 0 Å². The minimum atomic E-state index is -0.836. The van der Waals surface area contributed by atoms with E-state index < -0.39 is 5.97 Å². The molecule has 0 saturated carbocycles. The lowest BCUT2D eigenvalue weighted by atomic mass is 10.0. The quantitative estimate of drug-likeness (QED) is 0.685. The Labute approximate surface area is 76.2 Å². The Hall–Kier alpha value is -1.36. The topological polar surface area (TPSA) is 81.1 Å². The number of carbonyl (C=O) groups is 1. The van der Waals surface area contributed by atoms with Gasteiger partial charge >= 0.3 is 5.97 Å². The van der Waals surface area contributed by atoms with Crippen molar-refractivity contribution in [1.29, 1.82) is 0 Å².